The van der Waals surface area contributed by atoms with Gasteiger partial charge in [-0.3, -0.25) is 4.79 Å². The zero-order chi connectivity index (χ0) is 21.2. The highest BCUT2D eigenvalue weighted by Gasteiger charge is 2.17. The van der Waals surface area contributed by atoms with Crippen molar-refractivity contribution >= 4 is 17.5 Å². The number of ketones is 1. The third-order valence-electron chi connectivity index (χ3n) is 4.49. The maximum Gasteiger partial charge on any atom is 0.185 e. The lowest BCUT2D eigenvalue weighted by atomic mass is 9.97. The van der Waals surface area contributed by atoms with E-state index in [2.05, 4.69) is 18.5 Å². The number of nitrogens with one attached hydrogen (secondary N) is 1. The molecule has 0 unspecified atom stereocenters. The van der Waals surface area contributed by atoms with Crippen LogP contribution in [-0.2, 0) is 12.8 Å². The van der Waals surface area contributed by atoms with E-state index < -0.39 is 0 Å². The Balaban J connectivity index is 2.46. The quantitative estimate of drug-likeness (QED) is 0.298. The van der Waals surface area contributed by atoms with E-state index in [0.717, 1.165) is 23.2 Å². The summed E-state index contributed by atoms with van der Waals surface area (Å²) in [6, 6.07) is 9.15. The first-order valence-corrected chi connectivity index (χ1v) is 9.78. The first-order chi connectivity index (χ1) is 14.0. The summed E-state index contributed by atoms with van der Waals surface area (Å²) in [5, 5.41) is 13.7. The van der Waals surface area contributed by atoms with E-state index >= 15 is 0 Å². The zero-order valence-corrected chi connectivity index (χ0v) is 17.2. The fraction of sp³-hybridized carbons (Fsp3) is 0.240. The molecule has 2 aromatic rings. The SMILES string of the molecule is C=CCc1cc(C=CC(=O)c2ccc(NC)cc2)c(OCCC)c(CC=C)c1O. The second kappa shape index (κ2) is 10.9. The van der Waals surface area contributed by atoms with Crippen LogP contribution in [-0.4, -0.2) is 24.5 Å². The summed E-state index contributed by atoms with van der Waals surface area (Å²) in [5.74, 6) is 0.686. The molecule has 4 nitrogen and oxygen atoms in total. The summed E-state index contributed by atoms with van der Waals surface area (Å²) in [4.78, 5) is 12.6. The van der Waals surface area contributed by atoms with Crippen LogP contribution in [0.4, 0.5) is 5.69 Å². The highest BCUT2D eigenvalue weighted by molar-refractivity contribution is 6.07. The molecule has 0 saturated carbocycles. The fourth-order valence-electron chi connectivity index (χ4n) is 3.00. The number of phenolic OH excluding ortho intramolecular Hbond substituents is 1. The van der Waals surface area contributed by atoms with Crippen molar-refractivity contribution in [3.05, 3.63) is 84.0 Å². The van der Waals surface area contributed by atoms with E-state index in [0.29, 0.717) is 36.3 Å². The number of allylic oxidation sites excluding steroid dienone is 3. The van der Waals surface area contributed by atoms with Gasteiger partial charge >= 0.3 is 0 Å². The Bertz CT molecular complexity index is 895. The van der Waals surface area contributed by atoms with Gasteiger partial charge in [0.2, 0.25) is 0 Å². The molecule has 0 aliphatic carbocycles. The minimum absolute atomic E-state index is 0.0993. The van der Waals surface area contributed by atoms with Crippen LogP contribution in [0.5, 0.6) is 11.5 Å². The molecule has 2 N–H and O–H groups in total. The van der Waals surface area contributed by atoms with Gasteiger partial charge in [-0.15, -0.1) is 13.2 Å². The largest absolute Gasteiger partial charge is 0.507 e. The minimum Gasteiger partial charge on any atom is -0.507 e. The molecule has 0 spiro atoms. The summed E-state index contributed by atoms with van der Waals surface area (Å²) >= 11 is 0. The van der Waals surface area contributed by atoms with Gasteiger partial charge in [-0.2, -0.15) is 0 Å². The number of ether oxygens (including phenoxy) is 1. The Hall–Kier alpha value is -3.27. The third kappa shape index (κ3) is 5.61. The van der Waals surface area contributed by atoms with Crippen molar-refractivity contribution in [2.75, 3.05) is 19.0 Å². The van der Waals surface area contributed by atoms with Crippen LogP contribution in [0.3, 0.4) is 0 Å². The van der Waals surface area contributed by atoms with Crippen molar-refractivity contribution in [3.8, 4) is 11.5 Å². The van der Waals surface area contributed by atoms with E-state index in [-0.39, 0.29) is 11.5 Å². The van der Waals surface area contributed by atoms with Crippen molar-refractivity contribution < 1.29 is 14.6 Å². The maximum atomic E-state index is 12.6. The Morgan fingerprint density at radius 1 is 1.17 bits per heavy atom. The van der Waals surface area contributed by atoms with Crippen LogP contribution in [0.2, 0.25) is 0 Å². The molecule has 2 aromatic carbocycles. The van der Waals surface area contributed by atoms with E-state index in [1.807, 2.05) is 32.2 Å². The molecule has 0 aliphatic rings. The summed E-state index contributed by atoms with van der Waals surface area (Å²) in [6.45, 7) is 10.1. The maximum absolute atomic E-state index is 12.6. The molecule has 0 saturated heterocycles. The molecular weight excluding hydrogens is 362 g/mol. The van der Waals surface area contributed by atoms with Crippen LogP contribution in [0.1, 0.15) is 40.4 Å². The molecule has 29 heavy (non-hydrogen) atoms. The van der Waals surface area contributed by atoms with Crippen LogP contribution < -0.4 is 10.1 Å². The highest BCUT2D eigenvalue weighted by Crippen LogP contribution is 2.37. The molecule has 0 fully saturated rings. The van der Waals surface area contributed by atoms with E-state index in [1.165, 1.54) is 6.08 Å². The van der Waals surface area contributed by atoms with Crippen molar-refractivity contribution in [2.24, 2.45) is 0 Å². The smallest absolute Gasteiger partial charge is 0.185 e. The van der Waals surface area contributed by atoms with Crippen molar-refractivity contribution in [2.45, 2.75) is 26.2 Å². The van der Waals surface area contributed by atoms with Gasteiger partial charge in [-0.25, -0.2) is 0 Å². The molecule has 0 amide bonds. The summed E-state index contributed by atoms with van der Waals surface area (Å²) in [7, 11) is 1.83. The van der Waals surface area contributed by atoms with Crippen molar-refractivity contribution in [1.29, 1.82) is 0 Å². The number of hydrogen-bond donors (Lipinski definition) is 2. The van der Waals surface area contributed by atoms with Crippen molar-refractivity contribution in [3.63, 3.8) is 0 Å². The molecule has 0 heterocycles. The predicted molar refractivity (Wildman–Crippen MR) is 121 cm³/mol. The van der Waals surface area contributed by atoms with Gasteiger partial charge < -0.3 is 15.2 Å². The van der Waals surface area contributed by atoms with Gasteiger partial charge in [0.25, 0.3) is 0 Å². The number of rotatable bonds is 11. The Kier molecular flexibility index (Phi) is 8.28. The summed E-state index contributed by atoms with van der Waals surface area (Å²) in [6.07, 6.45) is 8.57. The average Bonchev–Trinajstić information content (AvgIpc) is 2.74. The lowest BCUT2D eigenvalue weighted by Gasteiger charge is -2.17. The fourth-order valence-corrected chi connectivity index (χ4v) is 3.00. The van der Waals surface area contributed by atoms with Crippen LogP contribution in [0.15, 0.2) is 61.7 Å². The molecular formula is C25H29NO3. The lowest BCUT2D eigenvalue weighted by Crippen LogP contribution is -2.03. The van der Waals surface area contributed by atoms with E-state index in [9.17, 15) is 9.90 Å². The molecule has 4 heteroatoms. The van der Waals surface area contributed by atoms with Gasteiger partial charge in [0.1, 0.15) is 11.5 Å². The van der Waals surface area contributed by atoms with Crippen LogP contribution in [0, 0.1) is 0 Å². The third-order valence-corrected chi connectivity index (χ3v) is 4.49. The number of carbonyl (C=O) groups is 1. The van der Waals surface area contributed by atoms with Gasteiger partial charge in [0.05, 0.1) is 6.61 Å². The summed E-state index contributed by atoms with van der Waals surface area (Å²) < 4.78 is 5.95. The van der Waals surface area contributed by atoms with Gasteiger partial charge in [0, 0.05) is 29.4 Å². The van der Waals surface area contributed by atoms with Crippen molar-refractivity contribution in [1.82, 2.24) is 0 Å². The minimum atomic E-state index is -0.0993. The monoisotopic (exact) mass is 391 g/mol. The Morgan fingerprint density at radius 2 is 1.86 bits per heavy atom. The number of benzene rings is 2. The highest BCUT2D eigenvalue weighted by atomic mass is 16.5. The number of anilines is 1. The second-order valence-corrected chi connectivity index (χ2v) is 6.64. The number of aromatic hydroxyl groups is 1. The number of phenols is 1. The molecule has 152 valence electrons. The lowest BCUT2D eigenvalue weighted by molar-refractivity contribution is 0.104. The predicted octanol–water partition coefficient (Wildman–Crippen LogP) is 5.58. The van der Waals surface area contributed by atoms with E-state index in [1.54, 1.807) is 30.4 Å². The summed E-state index contributed by atoms with van der Waals surface area (Å²) in [5.41, 5.74) is 3.73. The molecule has 0 radical (unpaired) electrons. The van der Waals surface area contributed by atoms with Crippen LogP contribution in [0.25, 0.3) is 6.08 Å². The van der Waals surface area contributed by atoms with E-state index in [4.69, 9.17) is 4.74 Å². The van der Waals surface area contributed by atoms with Gasteiger partial charge in [-0.05, 0) is 67.3 Å². The second-order valence-electron chi connectivity index (χ2n) is 6.64. The number of carbonyl (C=O) groups excluding carboxylic acids is 1. The molecule has 2 rings (SSSR count). The molecule has 0 atom stereocenters. The first kappa shape index (κ1) is 22.0. The standard InChI is InChI=1S/C25H29NO3/c1-5-8-19-17-20(25(29-16-7-3)22(9-6-2)24(19)28)12-15-23(27)18-10-13-21(26-4)14-11-18/h5-6,10-15,17,26,28H,1-2,7-9,16H2,3-4H3. The Morgan fingerprint density at radius 3 is 2.45 bits per heavy atom. The average molecular weight is 392 g/mol. The number of hydrogen-bond acceptors (Lipinski definition) is 4. The zero-order valence-electron chi connectivity index (χ0n) is 17.2. The van der Waals surface area contributed by atoms with Gasteiger partial charge in [0.15, 0.2) is 5.78 Å². The van der Waals surface area contributed by atoms with Crippen LogP contribution >= 0.6 is 0 Å². The molecule has 0 aromatic heterocycles. The molecule has 0 bridgehead atoms. The van der Waals surface area contributed by atoms with Gasteiger partial charge in [-0.1, -0.05) is 19.1 Å². The Labute approximate surface area is 173 Å². The normalized spacial score (nSPS) is 10.7. The first-order valence-electron chi connectivity index (χ1n) is 9.78. The molecule has 0 aliphatic heterocycles. The topological polar surface area (TPSA) is 58.6 Å².